The van der Waals surface area contributed by atoms with Crippen LogP contribution in [0.2, 0.25) is 0 Å². The summed E-state index contributed by atoms with van der Waals surface area (Å²) in [6, 6.07) is 14.5. The Kier molecular flexibility index (Phi) is 5.99. The lowest BCUT2D eigenvalue weighted by Gasteiger charge is -2.33. The van der Waals surface area contributed by atoms with Crippen molar-refractivity contribution in [3.63, 3.8) is 0 Å². The summed E-state index contributed by atoms with van der Waals surface area (Å²) in [4.78, 5) is 6.80. The molecule has 0 bridgehead atoms. The fraction of sp³-hybridized carbons (Fsp3) is 0.391. The fourth-order valence-electron chi connectivity index (χ4n) is 4.76. The number of pyridine rings is 1. The van der Waals surface area contributed by atoms with E-state index in [0.29, 0.717) is 5.41 Å². The van der Waals surface area contributed by atoms with Gasteiger partial charge >= 0.3 is 0 Å². The molecular weight excluding hydrogens is 382 g/mol. The van der Waals surface area contributed by atoms with E-state index in [1.165, 1.54) is 51.0 Å². The molecule has 2 aromatic heterocycles. The van der Waals surface area contributed by atoms with Crippen molar-refractivity contribution in [2.75, 3.05) is 26.2 Å². The normalized spacial score (nSPS) is 18.6. The van der Waals surface area contributed by atoms with Crippen LogP contribution in [0.3, 0.4) is 0 Å². The van der Waals surface area contributed by atoms with Crippen LogP contribution >= 0.6 is 12.4 Å². The van der Waals surface area contributed by atoms with Crippen LogP contribution in [0.1, 0.15) is 24.8 Å². The van der Waals surface area contributed by atoms with Gasteiger partial charge < -0.3 is 5.32 Å². The summed E-state index contributed by atoms with van der Waals surface area (Å²) in [6.45, 7) is 5.69. The molecule has 29 heavy (non-hydrogen) atoms. The molecule has 5 rings (SSSR count). The minimum Gasteiger partial charge on any atom is -0.317 e. The maximum atomic E-state index is 4.95. The van der Waals surface area contributed by atoms with Crippen LogP contribution in [0, 0.1) is 5.41 Å². The van der Waals surface area contributed by atoms with Crippen LogP contribution in [0.15, 0.2) is 61.1 Å². The van der Waals surface area contributed by atoms with Crippen molar-refractivity contribution >= 4 is 12.4 Å². The molecule has 2 fully saturated rings. The standard InChI is InChI=1S/C23H27N5.ClH/c1-2-4-21(5-3-1)28-17-20(22(26-28)19-6-11-24-12-7-19)16-27-15-10-23(18-27)8-13-25-14-9-23;/h1-7,11-12,17,25H,8-10,13-16,18H2;1H. The van der Waals surface area contributed by atoms with Crippen LogP contribution in [0.25, 0.3) is 16.9 Å². The first kappa shape index (κ1) is 20.1. The highest BCUT2D eigenvalue weighted by atomic mass is 35.5. The van der Waals surface area contributed by atoms with Crippen LogP contribution in [-0.2, 0) is 6.54 Å². The van der Waals surface area contributed by atoms with Gasteiger partial charge in [0.15, 0.2) is 0 Å². The predicted molar refractivity (Wildman–Crippen MR) is 118 cm³/mol. The summed E-state index contributed by atoms with van der Waals surface area (Å²) in [5.41, 5.74) is 5.12. The lowest BCUT2D eigenvalue weighted by molar-refractivity contribution is 0.194. The minimum atomic E-state index is 0. The van der Waals surface area contributed by atoms with Gasteiger partial charge in [0.05, 0.1) is 11.4 Å². The van der Waals surface area contributed by atoms with E-state index in [1.807, 2.05) is 23.1 Å². The van der Waals surface area contributed by atoms with Gasteiger partial charge in [-0.15, -0.1) is 12.4 Å². The van der Waals surface area contributed by atoms with E-state index >= 15 is 0 Å². The fourth-order valence-corrected chi connectivity index (χ4v) is 4.76. The Morgan fingerprint density at radius 2 is 1.72 bits per heavy atom. The first-order chi connectivity index (χ1) is 13.8. The molecule has 0 amide bonds. The number of para-hydroxylation sites is 1. The van der Waals surface area contributed by atoms with Crippen LogP contribution in [0.4, 0.5) is 0 Å². The Bertz CT molecular complexity index is 919. The summed E-state index contributed by atoms with van der Waals surface area (Å²) in [5, 5.41) is 8.46. The van der Waals surface area contributed by atoms with Crippen molar-refractivity contribution in [3.8, 4) is 16.9 Å². The highest BCUT2D eigenvalue weighted by Crippen LogP contribution is 2.39. The van der Waals surface area contributed by atoms with Crippen molar-refractivity contribution in [1.82, 2.24) is 25.0 Å². The topological polar surface area (TPSA) is 46.0 Å². The van der Waals surface area contributed by atoms with Crippen molar-refractivity contribution < 1.29 is 0 Å². The number of nitrogens with one attached hydrogen (secondary N) is 1. The molecule has 0 aliphatic carbocycles. The molecule has 1 N–H and O–H groups in total. The maximum absolute atomic E-state index is 4.95. The lowest BCUT2D eigenvalue weighted by atomic mass is 9.78. The Labute approximate surface area is 178 Å². The largest absolute Gasteiger partial charge is 0.317 e. The molecule has 1 aromatic carbocycles. The SMILES string of the molecule is Cl.c1ccc(-n2cc(CN3CCC4(CCNCC4)C3)c(-c3ccncc3)n2)cc1. The third-order valence-electron chi connectivity index (χ3n) is 6.34. The smallest absolute Gasteiger partial charge is 0.0973 e. The van der Waals surface area contributed by atoms with Crippen LogP contribution in [0.5, 0.6) is 0 Å². The quantitative estimate of drug-likeness (QED) is 0.709. The van der Waals surface area contributed by atoms with Gasteiger partial charge in [-0.2, -0.15) is 5.10 Å². The number of hydrogen-bond acceptors (Lipinski definition) is 4. The number of hydrogen-bond donors (Lipinski definition) is 1. The molecule has 1 spiro atoms. The molecule has 2 saturated heterocycles. The zero-order valence-electron chi connectivity index (χ0n) is 16.6. The number of piperidine rings is 1. The molecule has 0 radical (unpaired) electrons. The molecule has 0 saturated carbocycles. The molecular formula is C23H28ClN5. The number of nitrogens with zero attached hydrogens (tertiary/aromatic N) is 4. The monoisotopic (exact) mass is 409 g/mol. The number of aromatic nitrogens is 3. The molecule has 4 heterocycles. The molecule has 6 heteroatoms. The first-order valence-electron chi connectivity index (χ1n) is 10.3. The zero-order chi connectivity index (χ0) is 18.8. The van der Waals surface area contributed by atoms with Gasteiger partial charge in [0.1, 0.15) is 0 Å². The van der Waals surface area contributed by atoms with Crippen molar-refractivity contribution in [1.29, 1.82) is 0 Å². The van der Waals surface area contributed by atoms with E-state index in [2.05, 4.69) is 57.8 Å². The average molecular weight is 410 g/mol. The molecule has 0 atom stereocenters. The van der Waals surface area contributed by atoms with Crippen LogP contribution < -0.4 is 5.32 Å². The maximum Gasteiger partial charge on any atom is 0.0973 e. The third kappa shape index (κ3) is 4.22. The lowest BCUT2D eigenvalue weighted by Crippen LogP contribution is -2.38. The van der Waals surface area contributed by atoms with Crippen molar-refractivity contribution in [2.24, 2.45) is 5.41 Å². The zero-order valence-corrected chi connectivity index (χ0v) is 17.4. The predicted octanol–water partition coefficient (Wildman–Crippen LogP) is 3.93. The first-order valence-corrected chi connectivity index (χ1v) is 10.3. The molecule has 152 valence electrons. The van der Waals surface area contributed by atoms with Crippen molar-refractivity contribution in [3.05, 3.63) is 66.6 Å². The van der Waals surface area contributed by atoms with E-state index in [9.17, 15) is 0 Å². The van der Waals surface area contributed by atoms with E-state index in [0.717, 1.165) is 23.5 Å². The van der Waals surface area contributed by atoms with Gasteiger partial charge in [0, 0.05) is 42.8 Å². The highest BCUT2D eigenvalue weighted by molar-refractivity contribution is 5.85. The summed E-state index contributed by atoms with van der Waals surface area (Å²) in [6.07, 6.45) is 9.85. The van der Waals surface area contributed by atoms with Crippen LogP contribution in [-0.4, -0.2) is 45.8 Å². The number of halogens is 1. The number of rotatable bonds is 4. The second-order valence-electron chi connectivity index (χ2n) is 8.23. The molecule has 2 aliphatic heterocycles. The van der Waals surface area contributed by atoms with E-state index in [1.54, 1.807) is 0 Å². The van der Waals surface area contributed by atoms with E-state index in [4.69, 9.17) is 5.10 Å². The average Bonchev–Trinajstić information content (AvgIpc) is 3.35. The van der Waals surface area contributed by atoms with E-state index < -0.39 is 0 Å². The van der Waals surface area contributed by atoms with Gasteiger partial charge in [0.25, 0.3) is 0 Å². The third-order valence-corrected chi connectivity index (χ3v) is 6.34. The van der Waals surface area contributed by atoms with Gasteiger partial charge in [-0.3, -0.25) is 9.88 Å². The molecule has 5 nitrogen and oxygen atoms in total. The highest BCUT2D eigenvalue weighted by Gasteiger charge is 2.38. The molecule has 3 aromatic rings. The Morgan fingerprint density at radius 1 is 0.966 bits per heavy atom. The summed E-state index contributed by atoms with van der Waals surface area (Å²) in [7, 11) is 0. The minimum absolute atomic E-state index is 0. The van der Waals surface area contributed by atoms with Gasteiger partial charge in [-0.1, -0.05) is 18.2 Å². The number of likely N-dealkylation sites (tertiary alicyclic amines) is 1. The second kappa shape index (κ2) is 8.66. The van der Waals surface area contributed by atoms with Crippen molar-refractivity contribution in [2.45, 2.75) is 25.8 Å². The number of benzene rings is 1. The summed E-state index contributed by atoms with van der Waals surface area (Å²) >= 11 is 0. The van der Waals surface area contributed by atoms with Gasteiger partial charge in [-0.05, 0) is 68.6 Å². The Balaban J connectivity index is 0.00000205. The summed E-state index contributed by atoms with van der Waals surface area (Å²) in [5.74, 6) is 0. The second-order valence-corrected chi connectivity index (χ2v) is 8.23. The summed E-state index contributed by atoms with van der Waals surface area (Å²) < 4.78 is 2.02. The Hall–Kier alpha value is -2.21. The molecule has 2 aliphatic rings. The van der Waals surface area contributed by atoms with Gasteiger partial charge in [-0.25, -0.2) is 4.68 Å². The Morgan fingerprint density at radius 3 is 2.48 bits per heavy atom. The van der Waals surface area contributed by atoms with Gasteiger partial charge in [0.2, 0.25) is 0 Å². The molecule has 0 unspecified atom stereocenters. The van der Waals surface area contributed by atoms with E-state index in [-0.39, 0.29) is 12.4 Å².